The summed E-state index contributed by atoms with van der Waals surface area (Å²) in [7, 11) is 0. The molecule has 0 radical (unpaired) electrons. The Kier molecular flexibility index (Phi) is 8.28. The van der Waals surface area contributed by atoms with Crippen LogP contribution >= 0.6 is 0 Å². The number of rotatable bonds is 8. The van der Waals surface area contributed by atoms with Crippen LogP contribution in [0.15, 0.2) is 0 Å². The molecule has 0 aromatic rings. The predicted molar refractivity (Wildman–Crippen MR) is 103 cm³/mol. The lowest BCUT2D eigenvalue weighted by molar-refractivity contribution is 0.146. The van der Waals surface area contributed by atoms with Gasteiger partial charge in [-0.05, 0) is 69.1 Å². The average Bonchev–Trinajstić information content (AvgIpc) is 2.57. The summed E-state index contributed by atoms with van der Waals surface area (Å²) in [5, 5.41) is 0. The molecule has 0 saturated heterocycles. The lowest BCUT2D eigenvalue weighted by atomic mass is 9.68. The number of hydrogen-bond acceptors (Lipinski definition) is 1. The van der Waals surface area contributed by atoms with Gasteiger partial charge in [-0.25, -0.2) is 0 Å². The van der Waals surface area contributed by atoms with Crippen molar-refractivity contribution < 1.29 is 4.55 Å². The third-order valence-corrected chi connectivity index (χ3v) is 8.87. The van der Waals surface area contributed by atoms with E-state index in [0.29, 0.717) is 0 Å². The first-order chi connectivity index (χ1) is 11.1. The van der Waals surface area contributed by atoms with E-state index >= 15 is 0 Å². The summed E-state index contributed by atoms with van der Waals surface area (Å²) in [6.07, 6.45) is 21.0. The fraction of sp³-hybridized carbons (Fsp3) is 1.00. The van der Waals surface area contributed by atoms with Gasteiger partial charge in [-0.2, -0.15) is 0 Å². The first kappa shape index (κ1) is 19.6. The normalized spacial score (nSPS) is 36.8. The highest BCUT2D eigenvalue weighted by atomic mass is 32.2. The molecule has 2 aliphatic rings. The minimum atomic E-state index is -0.642. The van der Waals surface area contributed by atoms with Crippen molar-refractivity contribution in [1.29, 1.82) is 0 Å². The Morgan fingerprint density at radius 1 is 0.870 bits per heavy atom. The molecule has 2 fully saturated rings. The van der Waals surface area contributed by atoms with Crippen molar-refractivity contribution in [2.45, 2.75) is 108 Å². The minimum Gasteiger partial charge on any atom is -0.616 e. The van der Waals surface area contributed by atoms with Crippen LogP contribution in [0.4, 0.5) is 0 Å². The van der Waals surface area contributed by atoms with Crippen LogP contribution in [-0.4, -0.2) is 15.6 Å². The van der Waals surface area contributed by atoms with E-state index in [1.807, 2.05) is 6.26 Å². The molecule has 1 atom stereocenters. The van der Waals surface area contributed by atoms with Crippen molar-refractivity contribution in [1.82, 2.24) is 0 Å². The molecule has 0 heterocycles. The van der Waals surface area contributed by atoms with E-state index in [0.717, 1.165) is 17.8 Å². The maximum atomic E-state index is 12.4. The third-order valence-electron chi connectivity index (χ3n) is 7.04. The minimum absolute atomic E-state index is 0.172. The summed E-state index contributed by atoms with van der Waals surface area (Å²) in [6, 6.07) is 0. The van der Waals surface area contributed by atoms with Crippen LogP contribution in [0.1, 0.15) is 104 Å². The van der Waals surface area contributed by atoms with Gasteiger partial charge in [0.05, 0.1) is 6.26 Å². The highest BCUT2D eigenvalue weighted by Crippen LogP contribution is 2.47. The van der Waals surface area contributed by atoms with Crippen LogP contribution in [0.3, 0.4) is 0 Å². The van der Waals surface area contributed by atoms with Crippen molar-refractivity contribution in [3.8, 4) is 0 Å². The van der Waals surface area contributed by atoms with E-state index in [1.54, 1.807) is 0 Å². The quantitative estimate of drug-likeness (QED) is 0.366. The number of hydrogen-bond donors (Lipinski definition) is 0. The first-order valence-electron chi connectivity index (χ1n) is 10.4. The van der Waals surface area contributed by atoms with Crippen LogP contribution in [0.2, 0.25) is 0 Å². The summed E-state index contributed by atoms with van der Waals surface area (Å²) in [5.41, 5.74) is 0. The zero-order chi connectivity index (χ0) is 16.7. The Morgan fingerprint density at radius 3 is 2.00 bits per heavy atom. The summed E-state index contributed by atoms with van der Waals surface area (Å²) >= 11 is -0.642. The topological polar surface area (TPSA) is 23.1 Å². The van der Waals surface area contributed by atoms with Crippen molar-refractivity contribution in [3.05, 3.63) is 0 Å². The summed E-state index contributed by atoms with van der Waals surface area (Å²) in [5.74, 6) is 2.96. The van der Waals surface area contributed by atoms with E-state index in [2.05, 4.69) is 13.8 Å². The van der Waals surface area contributed by atoms with Crippen LogP contribution in [-0.2, 0) is 11.2 Å². The van der Waals surface area contributed by atoms with Crippen LogP contribution in [0.5, 0.6) is 0 Å². The molecule has 23 heavy (non-hydrogen) atoms. The molecule has 136 valence electrons. The molecule has 0 aliphatic heterocycles. The molecule has 0 aromatic heterocycles. The van der Waals surface area contributed by atoms with Gasteiger partial charge >= 0.3 is 0 Å². The SMILES string of the molecule is CCCCCC1([S+](C)[O-])CCC(C2CCC(CCC)CC2)CC1. The molecular weight excluding hydrogens is 300 g/mol. The monoisotopic (exact) mass is 340 g/mol. The third kappa shape index (κ3) is 5.39. The summed E-state index contributed by atoms with van der Waals surface area (Å²) in [6.45, 7) is 4.59. The van der Waals surface area contributed by atoms with Gasteiger partial charge in [0.15, 0.2) is 0 Å². The average molecular weight is 341 g/mol. The lowest BCUT2D eigenvalue weighted by Crippen LogP contribution is -2.43. The highest BCUT2D eigenvalue weighted by molar-refractivity contribution is 7.92. The predicted octanol–water partition coefficient (Wildman–Crippen LogP) is 6.48. The Balaban J connectivity index is 1.80. The zero-order valence-corrected chi connectivity index (χ0v) is 16.8. The molecular formula is C21H40OS. The van der Waals surface area contributed by atoms with E-state index in [9.17, 15) is 4.55 Å². The van der Waals surface area contributed by atoms with Gasteiger partial charge in [0, 0.05) is 0 Å². The number of unbranched alkanes of at least 4 members (excludes halogenated alkanes) is 2. The molecule has 2 heteroatoms. The van der Waals surface area contributed by atoms with Crippen LogP contribution in [0.25, 0.3) is 0 Å². The maximum Gasteiger partial charge on any atom is 0.125 e. The molecule has 0 aromatic carbocycles. The second-order valence-electron chi connectivity index (χ2n) is 8.50. The van der Waals surface area contributed by atoms with E-state index in [4.69, 9.17) is 0 Å². The second-order valence-corrected chi connectivity index (χ2v) is 10.3. The molecule has 0 N–H and O–H groups in total. The molecule has 0 bridgehead atoms. The standard InChI is InChI=1S/C21H40OS/c1-4-6-7-15-21(23(3)22)16-13-20(14-17-21)19-11-9-18(8-5-2)10-12-19/h18-20H,4-17H2,1-3H3. The largest absolute Gasteiger partial charge is 0.616 e. The van der Waals surface area contributed by atoms with Crippen molar-refractivity contribution >= 4 is 11.2 Å². The van der Waals surface area contributed by atoms with Crippen LogP contribution < -0.4 is 0 Å². The Labute approximate surface area is 148 Å². The summed E-state index contributed by atoms with van der Waals surface area (Å²) in [4.78, 5) is 0. The Morgan fingerprint density at radius 2 is 1.48 bits per heavy atom. The zero-order valence-electron chi connectivity index (χ0n) is 15.9. The first-order valence-corrected chi connectivity index (χ1v) is 12.0. The van der Waals surface area contributed by atoms with E-state index in [1.165, 1.54) is 89.9 Å². The molecule has 2 saturated carbocycles. The van der Waals surface area contributed by atoms with E-state index in [-0.39, 0.29) is 4.75 Å². The Hall–Kier alpha value is 0.310. The van der Waals surface area contributed by atoms with Gasteiger partial charge < -0.3 is 4.55 Å². The molecule has 0 amide bonds. The molecule has 0 spiro atoms. The highest BCUT2D eigenvalue weighted by Gasteiger charge is 2.44. The molecule has 1 nitrogen and oxygen atoms in total. The summed E-state index contributed by atoms with van der Waals surface area (Å²) < 4.78 is 12.6. The van der Waals surface area contributed by atoms with Gasteiger partial charge in [0.25, 0.3) is 0 Å². The fourth-order valence-corrected chi connectivity index (χ4v) is 6.61. The van der Waals surface area contributed by atoms with Gasteiger partial charge in [0.2, 0.25) is 0 Å². The van der Waals surface area contributed by atoms with Crippen molar-refractivity contribution in [2.24, 2.45) is 17.8 Å². The van der Waals surface area contributed by atoms with Crippen LogP contribution in [0, 0.1) is 17.8 Å². The molecule has 2 rings (SSSR count). The van der Waals surface area contributed by atoms with Gasteiger partial charge in [-0.3, -0.25) is 0 Å². The molecule has 1 unspecified atom stereocenters. The van der Waals surface area contributed by atoms with E-state index < -0.39 is 11.2 Å². The second kappa shape index (κ2) is 9.70. The Bertz CT molecular complexity index is 312. The van der Waals surface area contributed by atoms with Gasteiger partial charge in [-0.15, -0.1) is 0 Å². The van der Waals surface area contributed by atoms with Gasteiger partial charge in [0.1, 0.15) is 4.75 Å². The van der Waals surface area contributed by atoms with Gasteiger partial charge in [-0.1, -0.05) is 63.5 Å². The van der Waals surface area contributed by atoms with Crippen molar-refractivity contribution in [3.63, 3.8) is 0 Å². The smallest absolute Gasteiger partial charge is 0.125 e. The molecule has 2 aliphatic carbocycles. The maximum absolute atomic E-state index is 12.4. The fourth-order valence-electron chi connectivity index (χ4n) is 5.37. The lowest BCUT2D eigenvalue weighted by Gasteiger charge is -2.43. The van der Waals surface area contributed by atoms with Crippen molar-refractivity contribution in [2.75, 3.05) is 6.26 Å².